The average Bonchev–Trinajstić information content (AvgIpc) is 4.06. The van der Waals surface area contributed by atoms with Crippen molar-refractivity contribution in [2.75, 3.05) is 33.8 Å². The molecule has 0 radical (unpaired) electrons. The third kappa shape index (κ3) is 7.92. The largest absolute Gasteiger partial charge is 0.461 e. The number of likely N-dealkylation sites (N-methyl/N-ethyl adjacent to an activating group) is 2. The van der Waals surface area contributed by atoms with E-state index in [0.29, 0.717) is 49.9 Å². The molecule has 8 rings (SSSR count). The summed E-state index contributed by atoms with van der Waals surface area (Å²) in [4.78, 5) is 50.9. The van der Waals surface area contributed by atoms with Gasteiger partial charge in [0.2, 0.25) is 11.2 Å². The Labute approximate surface area is 338 Å². The molecular formula is C42H44F2N8O7. The highest BCUT2D eigenvalue weighted by Gasteiger charge is 2.43. The van der Waals surface area contributed by atoms with E-state index in [1.54, 1.807) is 21.0 Å². The molecule has 4 heterocycles. The molecule has 308 valence electrons. The minimum atomic E-state index is -1.73. The van der Waals surface area contributed by atoms with Gasteiger partial charge in [0.1, 0.15) is 23.0 Å². The van der Waals surface area contributed by atoms with E-state index >= 15 is 0 Å². The Balaban J connectivity index is 0.000000195. The molecule has 0 bridgehead atoms. The summed E-state index contributed by atoms with van der Waals surface area (Å²) in [6, 6.07) is 8.46. The van der Waals surface area contributed by atoms with Crippen LogP contribution in [-0.2, 0) is 40.0 Å². The molecule has 4 aliphatic rings. The van der Waals surface area contributed by atoms with Gasteiger partial charge < -0.3 is 36.6 Å². The number of likely N-dealkylation sites (tertiary alicyclic amines) is 2. The molecule has 2 aliphatic carbocycles. The molecule has 4 aromatic rings. The summed E-state index contributed by atoms with van der Waals surface area (Å²) in [5, 5.41) is 29.4. The van der Waals surface area contributed by atoms with Crippen molar-refractivity contribution in [1.82, 2.24) is 35.5 Å². The Morgan fingerprint density at radius 2 is 1.22 bits per heavy atom. The number of primary amides is 1. The van der Waals surface area contributed by atoms with Crippen molar-refractivity contribution < 1.29 is 42.9 Å². The Morgan fingerprint density at radius 1 is 0.780 bits per heavy atom. The second kappa shape index (κ2) is 16.5. The molecule has 2 saturated heterocycles. The van der Waals surface area contributed by atoms with E-state index in [4.69, 9.17) is 10.5 Å². The van der Waals surface area contributed by atoms with Gasteiger partial charge in [-0.3, -0.25) is 14.4 Å². The predicted molar refractivity (Wildman–Crippen MR) is 209 cm³/mol. The molecule has 2 fully saturated rings. The number of rotatable bonds is 5. The maximum absolute atomic E-state index is 14.7. The first-order valence-electron chi connectivity index (χ1n) is 18.9. The Kier molecular flexibility index (Phi) is 11.8. The fraction of sp³-hybridized carbons (Fsp3) is 0.381. The summed E-state index contributed by atoms with van der Waals surface area (Å²) in [6.45, 7) is 2.80. The molecule has 2 aromatic carbocycles. The van der Waals surface area contributed by atoms with Crippen LogP contribution in [-0.4, -0.2) is 108 Å². The molecule has 3 amide bonds. The normalized spacial score (nSPS) is 20.1. The number of carbonyl (C=O) groups excluding carboxylic acids is 4. The fourth-order valence-corrected chi connectivity index (χ4v) is 7.63. The van der Waals surface area contributed by atoms with Crippen LogP contribution in [0.15, 0.2) is 36.4 Å². The minimum absolute atomic E-state index is 0. The van der Waals surface area contributed by atoms with Crippen molar-refractivity contribution in [1.29, 1.82) is 0 Å². The standard InChI is InChI=1S/C22H22FN3O4.C20H19FN4O3.H3N/c1-3-30-20(27)19-15-5-4-6-17(15)26(24-19)18-13-14(7-8-16(18)23)9-10-22(29)11-12-25(2)21(22)28;1-24-10-9-20(28,19(24)27)8-7-12-5-6-14(21)16(11-12)25-15-4-2-3-13(15)17(23-25)18(22)26;/h7-8,13,29H,3-6,11-12H2,1-2H3;5-6,11,28H,2-4,9-10H2,1H3,(H2,22,26);1H3/t22-;20-;/m00./s1. The average molecular weight is 811 g/mol. The summed E-state index contributed by atoms with van der Waals surface area (Å²) < 4.78 is 37.1. The van der Waals surface area contributed by atoms with Crippen LogP contribution in [0.2, 0.25) is 0 Å². The minimum Gasteiger partial charge on any atom is -0.461 e. The highest BCUT2D eigenvalue weighted by Crippen LogP contribution is 2.31. The Morgan fingerprint density at radius 3 is 1.63 bits per heavy atom. The number of hydrogen-bond donors (Lipinski definition) is 4. The van der Waals surface area contributed by atoms with E-state index in [-0.39, 0.29) is 48.4 Å². The maximum atomic E-state index is 14.7. The van der Waals surface area contributed by atoms with Gasteiger partial charge in [0.05, 0.1) is 6.61 Å². The Bertz CT molecular complexity index is 2510. The first kappa shape index (κ1) is 42.2. The highest BCUT2D eigenvalue weighted by molar-refractivity contribution is 5.93. The van der Waals surface area contributed by atoms with E-state index in [9.17, 15) is 38.2 Å². The van der Waals surface area contributed by atoms with Crippen LogP contribution in [0.4, 0.5) is 8.78 Å². The number of nitrogens with two attached hydrogens (primary N) is 1. The number of amides is 3. The van der Waals surface area contributed by atoms with E-state index in [1.807, 2.05) is 0 Å². The summed E-state index contributed by atoms with van der Waals surface area (Å²) in [6.07, 6.45) is 4.85. The smallest absolute Gasteiger partial charge is 0.359 e. The van der Waals surface area contributed by atoms with Crippen molar-refractivity contribution in [2.24, 2.45) is 5.73 Å². The number of benzene rings is 2. The molecule has 17 heteroatoms. The van der Waals surface area contributed by atoms with Crippen LogP contribution in [0.1, 0.15) is 87.2 Å². The van der Waals surface area contributed by atoms with Crippen LogP contribution >= 0.6 is 0 Å². The van der Waals surface area contributed by atoms with Crippen LogP contribution in [0.5, 0.6) is 0 Å². The van der Waals surface area contributed by atoms with Gasteiger partial charge in [-0.25, -0.2) is 22.9 Å². The van der Waals surface area contributed by atoms with Gasteiger partial charge >= 0.3 is 5.97 Å². The number of fused-ring (bicyclic) bond motifs is 2. The quantitative estimate of drug-likeness (QED) is 0.170. The van der Waals surface area contributed by atoms with Gasteiger partial charge in [-0.05, 0) is 81.8 Å². The molecule has 0 saturated carbocycles. The second-order valence-electron chi connectivity index (χ2n) is 14.7. The number of aliphatic hydroxyl groups is 2. The SMILES string of the molecule is CCOC(=O)c1nn(-c2cc(C#C[C@]3(O)CCN(C)C3=O)ccc2F)c2c1CCC2.CN1CC[C@@](O)(C#Cc2ccc(F)c(-n3nc(C(N)=O)c4c3CCC4)c2)C1=O.N. The van der Waals surface area contributed by atoms with Crippen molar-refractivity contribution in [2.45, 2.75) is 69.5 Å². The Hall–Kier alpha value is -6.40. The molecular weight excluding hydrogens is 767 g/mol. The van der Waals surface area contributed by atoms with Crippen LogP contribution in [0.25, 0.3) is 11.4 Å². The lowest BCUT2D eigenvalue weighted by atomic mass is 10.0. The lowest BCUT2D eigenvalue weighted by molar-refractivity contribution is -0.138. The number of esters is 1. The summed E-state index contributed by atoms with van der Waals surface area (Å²) in [7, 11) is 3.21. The molecule has 59 heavy (non-hydrogen) atoms. The van der Waals surface area contributed by atoms with Gasteiger partial charge in [-0.1, -0.05) is 23.7 Å². The van der Waals surface area contributed by atoms with Crippen molar-refractivity contribution in [3.63, 3.8) is 0 Å². The molecule has 0 unspecified atom stereocenters. The number of aromatic nitrogens is 4. The van der Waals surface area contributed by atoms with Crippen LogP contribution in [0, 0.1) is 35.3 Å². The van der Waals surface area contributed by atoms with Gasteiger partial charge in [-0.15, -0.1) is 0 Å². The van der Waals surface area contributed by atoms with Crippen molar-refractivity contribution in [3.05, 3.63) is 93.1 Å². The number of carbonyl (C=O) groups is 4. The molecule has 2 aromatic heterocycles. The maximum Gasteiger partial charge on any atom is 0.359 e. The van der Waals surface area contributed by atoms with Gasteiger partial charge in [0.25, 0.3) is 17.7 Å². The molecule has 0 spiro atoms. The lowest BCUT2D eigenvalue weighted by Gasteiger charge is -2.13. The topological polar surface area (TPSA) is 221 Å². The molecule has 2 atom stereocenters. The zero-order valence-electron chi connectivity index (χ0n) is 32.9. The molecule has 15 nitrogen and oxygen atoms in total. The summed E-state index contributed by atoms with van der Waals surface area (Å²) in [5.41, 5.74) is 6.61. The predicted octanol–water partition coefficient (Wildman–Crippen LogP) is 2.33. The number of nitrogens with zero attached hydrogens (tertiary/aromatic N) is 6. The van der Waals surface area contributed by atoms with Gasteiger partial charge in [0.15, 0.2) is 11.4 Å². The van der Waals surface area contributed by atoms with Crippen molar-refractivity contribution in [3.8, 4) is 35.1 Å². The van der Waals surface area contributed by atoms with E-state index in [2.05, 4.69) is 33.9 Å². The zero-order valence-corrected chi connectivity index (χ0v) is 32.9. The highest BCUT2D eigenvalue weighted by atomic mass is 19.1. The summed E-state index contributed by atoms with van der Waals surface area (Å²) >= 11 is 0. The van der Waals surface area contributed by atoms with E-state index < -0.39 is 46.5 Å². The summed E-state index contributed by atoms with van der Waals surface area (Å²) in [5.74, 6) is 7.73. The van der Waals surface area contributed by atoms with Gasteiger partial charge in [-0.2, -0.15) is 10.2 Å². The van der Waals surface area contributed by atoms with Crippen LogP contribution < -0.4 is 11.9 Å². The zero-order chi connectivity index (χ0) is 41.5. The number of halogens is 2. The van der Waals surface area contributed by atoms with Gasteiger partial charge in [0, 0.05) is 73.7 Å². The molecule has 2 aliphatic heterocycles. The lowest BCUT2D eigenvalue weighted by Crippen LogP contribution is -2.37. The molecule has 7 N–H and O–H groups in total. The monoisotopic (exact) mass is 810 g/mol. The third-order valence-corrected chi connectivity index (χ3v) is 10.8. The fourth-order valence-electron chi connectivity index (χ4n) is 7.63. The second-order valence-corrected chi connectivity index (χ2v) is 14.7. The van der Waals surface area contributed by atoms with Crippen molar-refractivity contribution >= 4 is 23.7 Å². The number of ether oxygens (including phenoxy) is 1. The first-order valence-corrected chi connectivity index (χ1v) is 18.9. The number of hydrogen-bond acceptors (Lipinski definition) is 10. The first-order chi connectivity index (χ1) is 27.6. The van der Waals surface area contributed by atoms with Crippen LogP contribution in [0.3, 0.4) is 0 Å². The van der Waals surface area contributed by atoms with E-state index in [0.717, 1.165) is 35.4 Å². The third-order valence-electron chi connectivity index (χ3n) is 10.8. The van der Waals surface area contributed by atoms with E-state index in [1.165, 1.54) is 55.6 Å².